The van der Waals surface area contributed by atoms with Gasteiger partial charge < -0.3 is 25.8 Å². The third-order valence-electron chi connectivity index (χ3n) is 8.74. The van der Waals surface area contributed by atoms with Crippen molar-refractivity contribution < 1.29 is 36.2 Å². The quantitative estimate of drug-likeness (QED) is 0.185. The monoisotopic (exact) mass is 692 g/mol. The number of sulfone groups is 1. The number of ether oxygens (including phenoxy) is 1. The van der Waals surface area contributed by atoms with Gasteiger partial charge in [-0.25, -0.2) is 12.9 Å². The fraction of sp³-hybridized carbons (Fsp3) is 0.484. The lowest BCUT2D eigenvalue weighted by Gasteiger charge is -2.41. The molecule has 0 radical (unpaired) electrons. The molecule has 3 aliphatic rings. The van der Waals surface area contributed by atoms with Gasteiger partial charge in [0.05, 0.1) is 47.4 Å². The molecule has 4 heterocycles. The van der Waals surface area contributed by atoms with Crippen LogP contribution in [0.4, 0.5) is 24.7 Å². The summed E-state index contributed by atoms with van der Waals surface area (Å²) in [5.41, 5.74) is -3.63. The van der Waals surface area contributed by atoms with Gasteiger partial charge in [-0.3, -0.25) is 9.69 Å². The number of benzene rings is 1. The van der Waals surface area contributed by atoms with Crippen molar-refractivity contribution in [2.75, 3.05) is 55.4 Å². The number of carbonyl (C=O) groups excluding carboxylic acids is 1. The highest BCUT2D eigenvalue weighted by Gasteiger charge is 2.58. The van der Waals surface area contributed by atoms with Crippen LogP contribution < -0.4 is 20.7 Å². The highest BCUT2D eigenvalue weighted by molar-refractivity contribution is 8.00. The van der Waals surface area contributed by atoms with Gasteiger partial charge in [-0.1, -0.05) is 12.0 Å². The summed E-state index contributed by atoms with van der Waals surface area (Å²) in [6, 6.07) is 9.89. The average Bonchev–Trinajstić information content (AvgIpc) is 3.61. The zero-order valence-corrected chi connectivity index (χ0v) is 27.4. The number of thioether (sulfide) groups is 1. The Kier molecular flexibility index (Phi) is 9.02. The topological polar surface area (TPSA) is 137 Å². The zero-order chi connectivity index (χ0) is 33.6. The summed E-state index contributed by atoms with van der Waals surface area (Å²) in [6.07, 6.45) is 0.994. The number of alkyl halides is 3. The third-order valence-corrected chi connectivity index (χ3v) is 11.4. The first-order chi connectivity index (χ1) is 22.3. The van der Waals surface area contributed by atoms with Crippen molar-refractivity contribution in [2.45, 2.75) is 47.9 Å². The Balaban J connectivity index is 1.17. The number of nitrogens with one attached hydrogen (secondary N) is 3. The second-order valence-electron chi connectivity index (χ2n) is 12.2. The fourth-order valence-corrected chi connectivity index (χ4v) is 8.40. The lowest BCUT2D eigenvalue weighted by Crippen LogP contribution is -2.56. The number of aliphatic hydroxyl groups excluding tert-OH is 1. The second kappa shape index (κ2) is 12.8. The van der Waals surface area contributed by atoms with E-state index in [9.17, 15) is 31.5 Å². The van der Waals surface area contributed by atoms with Crippen molar-refractivity contribution in [1.29, 1.82) is 0 Å². The molecule has 6 rings (SSSR count). The Morgan fingerprint density at radius 2 is 2.06 bits per heavy atom. The van der Waals surface area contributed by atoms with Crippen LogP contribution >= 0.6 is 11.8 Å². The van der Waals surface area contributed by atoms with E-state index in [4.69, 9.17) is 4.74 Å². The number of nitrogens with zero attached hydrogens (tertiary/aromatic N) is 3. The Hall–Kier alpha value is -3.65. The van der Waals surface area contributed by atoms with Gasteiger partial charge in [-0.2, -0.15) is 18.3 Å². The molecule has 2 unspecified atom stereocenters. The molecule has 4 N–H and O–H groups in total. The van der Waals surface area contributed by atoms with E-state index in [0.717, 1.165) is 25.9 Å². The SMILES string of the molecule is COc1cc(C(=O)NC[C@@H](C)O)ccc1NCC#Cc1nn2c(NC34CCN(C5CS(=O)(=O)C5)CC3C4)cccc2c1SC(F)(F)F. The molecule has 0 bridgehead atoms. The summed E-state index contributed by atoms with van der Waals surface area (Å²) in [7, 11) is -1.47. The van der Waals surface area contributed by atoms with E-state index in [1.54, 1.807) is 37.3 Å². The second-order valence-corrected chi connectivity index (χ2v) is 15.4. The maximum absolute atomic E-state index is 13.7. The van der Waals surface area contributed by atoms with Crippen molar-refractivity contribution in [1.82, 2.24) is 19.8 Å². The number of fused-ring (bicyclic) bond motifs is 2. The van der Waals surface area contributed by atoms with Crippen molar-refractivity contribution in [3.63, 3.8) is 0 Å². The Labute approximate surface area is 274 Å². The van der Waals surface area contributed by atoms with Gasteiger partial charge in [-0.05, 0) is 73.7 Å². The zero-order valence-electron chi connectivity index (χ0n) is 25.7. The Morgan fingerprint density at radius 1 is 1.28 bits per heavy atom. The van der Waals surface area contributed by atoms with Gasteiger partial charge in [0.25, 0.3) is 5.91 Å². The maximum Gasteiger partial charge on any atom is 0.446 e. The van der Waals surface area contributed by atoms with E-state index in [-0.39, 0.29) is 70.0 Å². The average molecular weight is 693 g/mol. The van der Waals surface area contributed by atoms with Crippen LogP contribution in [0.15, 0.2) is 41.3 Å². The lowest BCUT2D eigenvalue weighted by molar-refractivity contribution is -0.0327. The Bertz CT molecular complexity index is 1840. The summed E-state index contributed by atoms with van der Waals surface area (Å²) in [5.74, 6) is 6.94. The summed E-state index contributed by atoms with van der Waals surface area (Å²) in [6.45, 7) is 3.25. The minimum atomic E-state index is -4.56. The number of hydrogen-bond acceptors (Lipinski definition) is 10. The summed E-state index contributed by atoms with van der Waals surface area (Å²) < 4.78 is 71.2. The largest absolute Gasteiger partial charge is 0.495 e. The van der Waals surface area contributed by atoms with Crippen molar-refractivity contribution >= 4 is 44.5 Å². The number of halogens is 3. The van der Waals surface area contributed by atoms with Crippen LogP contribution in [0.3, 0.4) is 0 Å². The number of hydrogen-bond donors (Lipinski definition) is 4. The number of carbonyl (C=O) groups is 1. The first-order valence-electron chi connectivity index (χ1n) is 15.1. The van der Waals surface area contributed by atoms with Crippen LogP contribution in [0.25, 0.3) is 5.52 Å². The highest BCUT2D eigenvalue weighted by Crippen LogP contribution is 2.52. The maximum atomic E-state index is 13.7. The molecule has 2 saturated heterocycles. The molecule has 252 valence electrons. The molecular formula is C31H35F3N6O5S2. The highest BCUT2D eigenvalue weighted by atomic mass is 32.2. The molecule has 1 saturated carbocycles. The van der Waals surface area contributed by atoms with Crippen molar-refractivity contribution in [3.05, 3.63) is 47.7 Å². The number of methoxy groups -OCH3 is 1. The predicted molar refractivity (Wildman–Crippen MR) is 173 cm³/mol. The molecule has 3 fully saturated rings. The molecule has 16 heteroatoms. The molecule has 0 spiro atoms. The van der Waals surface area contributed by atoms with E-state index in [2.05, 4.69) is 37.8 Å². The number of aromatic nitrogens is 2. The standard InChI is InChI=1S/C31H35F3N6O5S2/c1-19(41)15-36-29(42)20-8-9-23(26(13-20)45-2)35-11-4-5-24-28(46-31(32,33)34)25-6-3-7-27(40(25)38-24)37-30-10-12-39(16-21(30)14-30)22-17-47(43,44)18-22/h3,6-9,13,19,21-22,35,37,41H,10-12,14-18H2,1-2H3,(H,36,42)/t19-,21?,30?/m1/s1. The normalized spacial score (nSPS) is 22.7. The molecule has 3 atom stereocenters. The Morgan fingerprint density at radius 3 is 2.74 bits per heavy atom. The van der Waals surface area contributed by atoms with E-state index >= 15 is 0 Å². The minimum Gasteiger partial charge on any atom is -0.495 e. The molecule has 1 amide bonds. The van der Waals surface area contributed by atoms with Gasteiger partial charge in [0.2, 0.25) is 0 Å². The first-order valence-corrected chi connectivity index (χ1v) is 17.8. The number of pyridine rings is 1. The number of likely N-dealkylation sites (tertiary alicyclic amines) is 1. The molecule has 47 heavy (non-hydrogen) atoms. The molecule has 2 aliphatic heterocycles. The van der Waals surface area contributed by atoms with E-state index in [1.165, 1.54) is 17.7 Å². The van der Waals surface area contributed by atoms with Crippen LogP contribution in [0, 0.1) is 17.8 Å². The minimum absolute atomic E-state index is 0.00803. The van der Waals surface area contributed by atoms with Gasteiger partial charge in [0, 0.05) is 36.8 Å². The number of amides is 1. The van der Waals surface area contributed by atoms with Crippen LogP contribution in [-0.4, -0.2) is 102 Å². The summed E-state index contributed by atoms with van der Waals surface area (Å²) in [4.78, 5) is 14.5. The lowest BCUT2D eigenvalue weighted by atomic mass is 10.0. The molecule has 11 nitrogen and oxygen atoms in total. The van der Waals surface area contributed by atoms with Crippen LogP contribution in [-0.2, 0) is 9.84 Å². The van der Waals surface area contributed by atoms with Gasteiger partial charge in [0.1, 0.15) is 17.3 Å². The molecule has 3 aromatic rings. The number of aliphatic hydroxyl groups is 1. The van der Waals surface area contributed by atoms with Crippen molar-refractivity contribution in [2.24, 2.45) is 5.92 Å². The van der Waals surface area contributed by atoms with Crippen LogP contribution in [0.2, 0.25) is 0 Å². The predicted octanol–water partition coefficient (Wildman–Crippen LogP) is 3.20. The molecule has 2 aromatic heterocycles. The van der Waals surface area contributed by atoms with Crippen LogP contribution in [0.1, 0.15) is 35.8 Å². The summed E-state index contributed by atoms with van der Waals surface area (Å²) in [5, 5.41) is 23.2. The van der Waals surface area contributed by atoms with Crippen molar-refractivity contribution in [3.8, 4) is 17.6 Å². The smallest absolute Gasteiger partial charge is 0.446 e. The molecule has 1 aliphatic carbocycles. The first kappa shape index (κ1) is 33.3. The number of rotatable bonds is 10. The van der Waals surface area contributed by atoms with E-state index in [0.29, 0.717) is 28.7 Å². The summed E-state index contributed by atoms with van der Waals surface area (Å²) >= 11 is -0.253. The van der Waals surface area contributed by atoms with E-state index < -0.39 is 21.4 Å². The fourth-order valence-electron chi connectivity index (χ4n) is 6.22. The van der Waals surface area contributed by atoms with E-state index in [1.807, 2.05) is 0 Å². The third kappa shape index (κ3) is 7.43. The number of anilines is 2. The van der Waals surface area contributed by atoms with Crippen LogP contribution in [0.5, 0.6) is 5.75 Å². The van der Waals surface area contributed by atoms with Gasteiger partial charge in [0.15, 0.2) is 9.84 Å². The molecular weight excluding hydrogens is 658 g/mol. The van der Waals surface area contributed by atoms with Gasteiger partial charge >= 0.3 is 5.51 Å². The molecule has 1 aromatic carbocycles. The van der Waals surface area contributed by atoms with Gasteiger partial charge in [-0.15, -0.1) is 0 Å². The number of piperidine rings is 1.